The Morgan fingerprint density at radius 1 is 1.17 bits per heavy atom. The largest absolute Gasteiger partial charge is 0.497 e. The molecule has 1 saturated heterocycles. The molecule has 0 bridgehead atoms. The Hall–Kier alpha value is -2.33. The van der Waals surface area contributed by atoms with E-state index in [2.05, 4.69) is 0 Å². The minimum absolute atomic E-state index is 0.00469. The Kier molecular flexibility index (Phi) is 3.57. The maximum absolute atomic E-state index is 12.8. The molecule has 1 fully saturated rings. The van der Waals surface area contributed by atoms with E-state index in [0.29, 0.717) is 11.3 Å². The SMILES string of the molecule is COc1ccc2c(c1)CCC[C@]1(C)O[C@H]1C(=O)c1ccccc1O2. The number of hydrogen-bond acceptors (Lipinski definition) is 4. The molecule has 2 aliphatic rings. The summed E-state index contributed by atoms with van der Waals surface area (Å²) in [6, 6.07) is 13.2. The first kappa shape index (κ1) is 15.2. The molecule has 124 valence electrons. The molecule has 4 nitrogen and oxygen atoms in total. The molecule has 24 heavy (non-hydrogen) atoms. The number of fused-ring (bicyclic) bond motifs is 3. The molecule has 2 aromatic carbocycles. The predicted octanol–water partition coefficient (Wildman–Crippen LogP) is 4.16. The average molecular weight is 324 g/mol. The molecule has 0 aromatic heterocycles. The fourth-order valence-corrected chi connectivity index (χ4v) is 3.38. The molecule has 0 unspecified atom stereocenters. The zero-order chi connectivity index (χ0) is 16.7. The van der Waals surface area contributed by atoms with Gasteiger partial charge >= 0.3 is 0 Å². The molecular formula is C20H20O4. The van der Waals surface area contributed by atoms with E-state index in [1.165, 1.54) is 0 Å². The molecule has 0 spiro atoms. The van der Waals surface area contributed by atoms with Crippen molar-refractivity contribution in [3.63, 3.8) is 0 Å². The van der Waals surface area contributed by atoms with Crippen LogP contribution in [-0.2, 0) is 11.2 Å². The lowest BCUT2D eigenvalue weighted by atomic mass is 9.94. The summed E-state index contributed by atoms with van der Waals surface area (Å²) in [5.41, 5.74) is 1.31. The highest BCUT2D eigenvalue weighted by Crippen LogP contribution is 2.45. The van der Waals surface area contributed by atoms with Gasteiger partial charge in [0.25, 0.3) is 0 Å². The van der Waals surface area contributed by atoms with Crippen molar-refractivity contribution < 1.29 is 19.0 Å². The van der Waals surface area contributed by atoms with E-state index in [0.717, 1.165) is 36.3 Å². The minimum Gasteiger partial charge on any atom is -0.497 e. The Bertz CT molecular complexity index is 798. The molecular weight excluding hydrogens is 304 g/mol. The summed E-state index contributed by atoms with van der Waals surface area (Å²) in [6.07, 6.45) is 2.27. The van der Waals surface area contributed by atoms with Gasteiger partial charge in [-0.05, 0) is 62.1 Å². The van der Waals surface area contributed by atoms with Gasteiger partial charge in [-0.3, -0.25) is 4.79 Å². The highest BCUT2D eigenvalue weighted by Gasteiger charge is 2.56. The molecule has 2 aromatic rings. The van der Waals surface area contributed by atoms with Crippen molar-refractivity contribution >= 4 is 5.78 Å². The van der Waals surface area contributed by atoms with Crippen LogP contribution in [0.3, 0.4) is 0 Å². The van der Waals surface area contributed by atoms with Gasteiger partial charge in [0.05, 0.1) is 12.7 Å². The maximum Gasteiger partial charge on any atom is 0.198 e. The lowest BCUT2D eigenvalue weighted by Crippen LogP contribution is -2.18. The lowest BCUT2D eigenvalue weighted by molar-refractivity contribution is 0.0951. The van der Waals surface area contributed by atoms with E-state index in [1.807, 2.05) is 43.3 Å². The molecule has 2 heterocycles. The van der Waals surface area contributed by atoms with Crippen LogP contribution in [0.1, 0.15) is 35.7 Å². The van der Waals surface area contributed by atoms with Gasteiger partial charge in [-0.15, -0.1) is 0 Å². The van der Waals surface area contributed by atoms with Crippen LogP contribution in [0.15, 0.2) is 42.5 Å². The van der Waals surface area contributed by atoms with Gasteiger partial charge in [0.2, 0.25) is 0 Å². The second-order valence-corrected chi connectivity index (χ2v) is 6.60. The first-order valence-corrected chi connectivity index (χ1v) is 8.26. The van der Waals surface area contributed by atoms with Crippen LogP contribution in [0.5, 0.6) is 17.2 Å². The molecule has 2 atom stereocenters. The monoisotopic (exact) mass is 324 g/mol. The van der Waals surface area contributed by atoms with E-state index in [-0.39, 0.29) is 17.5 Å². The van der Waals surface area contributed by atoms with Crippen LogP contribution in [-0.4, -0.2) is 24.6 Å². The van der Waals surface area contributed by atoms with Gasteiger partial charge in [-0.2, -0.15) is 0 Å². The Morgan fingerprint density at radius 3 is 2.83 bits per heavy atom. The first-order chi connectivity index (χ1) is 11.6. The number of ether oxygens (including phenoxy) is 3. The molecule has 0 radical (unpaired) electrons. The summed E-state index contributed by atoms with van der Waals surface area (Å²) in [4.78, 5) is 12.8. The summed E-state index contributed by atoms with van der Waals surface area (Å²) in [5, 5.41) is 0. The number of ketones is 1. The van der Waals surface area contributed by atoms with Crippen molar-refractivity contribution in [3.8, 4) is 17.2 Å². The van der Waals surface area contributed by atoms with Gasteiger partial charge in [-0.1, -0.05) is 12.1 Å². The smallest absolute Gasteiger partial charge is 0.198 e. The normalized spacial score (nSPS) is 25.4. The van der Waals surface area contributed by atoms with Crippen molar-refractivity contribution in [1.82, 2.24) is 0 Å². The van der Waals surface area contributed by atoms with Gasteiger partial charge < -0.3 is 14.2 Å². The summed E-state index contributed by atoms with van der Waals surface area (Å²) in [5.74, 6) is 2.17. The van der Waals surface area contributed by atoms with Gasteiger partial charge in [-0.25, -0.2) is 0 Å². The second-order valence-electron chi connectivity index (χ2n) is 6.60. The zero-order valence-electron chi connectivity index (χ0n) is 13.9. The number of epoxide rings is 1. The Labute approximate surface area is 141 Å². The fourth-order valence-electron chi connectivity index (χ4n) is 3.38. The van der Waals surface area contributed by atoms with Crippen LogP contribution in [0.2, 0.25) is 0 Å². The van der Waals surface area contributed by atoms with E-state index in [1.54, 1.807) is 13.2 Å². The molecule has 2 aliphatic heterocycles. The number of benzene rings is 2. The van der Waals surface area contributed by atoms with Crippen molar-refractivity contribution in [2.45, 2.75) is 37.9 Å². The van der Waals surface area contributed by atoms with E-state index in [9.17, 15) is 4.79 Å². The van der Waals surface area contributed by atoms with Crippen molar-refractivity contribution in [3.05, 3.63) is 53.6 Å². The fraction of sp³-hybridized carbons (Fsp3) is 0.350. The molecule has 4 rings (SSSR count). The predicted molar refractivity (Wildman–Crippen MR) is 90.1 cm³/mol. The van der Waals surface area contributed by atoms with Crippen LogP contribution in [0.25, 0.3) is 0 Å². The molecule has 4 heteroatoms. The number of methoxy groups -OCH3 is 1. The standard InChI is InChI=1S/C20H20O4/c1-20-11-5-6-13-12-14(22-2)9-10-16(13)23-17-8-4-3-7-15(17)18(21)19(20)24-20/h3-4,7-10,12,19H,5-6,11H2,1-2H3/t19-,20-/m0/s1. The molecule has 0 saturated carbocycles. The summed E-state index contributed by atoms with van der Waals surface area (Å²) in [7, 11) is 1.66. The highest BCUT2D eigenvalue weighted by atomic mass is 16.6. The van der Waals surface area contributed by atoms with Crippen LogP contribution >= 0.6 is 0 Å². The molecule has 0 N–H and O–H groups in total. The van der Waals surface area contributed by atoms with Gasteiger partial charge in [0, 0.05) is 0 Å². The third-order valence-corrected chi connectivity index (χ3v) is 4.88. The minimum atomic E-state index is -0.363. The number of rotatable bonds is 1. The topological polar surface area (TPSA) is 48.1 Å². The maximum atomic E-state index is 12.8. The van der Waals surface area contributed by atoms with Crippen LogP contribution in [0.4, 0.5) is 0 Å². The zero-order valence-corrected chi connectivity index (χ0v) is 13.9. The third kappa shape index (κ3) is 2.57. The summed E-state index contributed by atoms with van der Waals surface area (Å²) >= 11 is 0. The quantitative estimate of drug-likeness (QED) is 0.739. The number of carbonyl (C=O) groups is 1. The van der Waals surface area contributed by atoms with E-state index in [4.69, 9.17) is 14.2 Å². The van der Waals surface area contributed by atoms with Crippen molar-refractivity contribution in [2.75, 3.05) is 7.11 Å². The number of Topliss-reactive ketones (excluding diaryl/α,β-unsaturated/α-hetero) is 1. The number of aryl methyl sites for hydroxylation is 1. The van der Waals surface area contributed by atoms with Gasteiger partial charge in [0.1, 0.15) is 29.0 Å². The van der Waals surface area contributed by atoms with E-state index >= 15 is 0 Å². The summed E-state index contributed by atoms with van der Waals surface area (Å²) < 4.78 is 17.2. The van der Waals surface area contributed by atoms with Crippen LogP contribution in [0, 0.1) is 0 Å². The second kappa shape index (κ2) is 5.64. The number of hydrogen-bond donors (Lipinski definition) is 0. The molecule has 0 aliphatic carbocycles. The lowest BCUT2D eigenvalue weighted by Gasteiger charge is -2.14. The summed E-state index contributed by atoms with van der Waals surface area (Å²) in [6.45, 7) is 2.02. The number of para-hydroxylation sites is 1. The van der Waals surface area contributed by atoms with E-state index < -0.39 is 0 Å². The number of carbonyl (C=O) groups excluding carboxylic acids is 1. The Morgan fingerprint density at radius 2 is 2.00 bits per heavy atom. The highest BCUT2D eigenvalue weighted by molar-refractivity contribution is 6.04. The molecule has 0 amide bonds. The average Bonchev–Trinajstić information content (AvgIpc) is 3.27. The third-order valence-electron chi connectivity index (χ3n) is 4.88. The van der Waals surface area contributed by atoms with Crippen molar-refractivity contribution in [1.29, 1.82) is 0 Å². The Balaban J connectivity index is 1.79. The van der Waals surface area contributed by atoms with Gasteiger partial charge in [0.15, 0.2) is 5.78 Å². The van der Waals surface area contributed by atoms with Crippen LogP contribution < -0.4 is 9.47 Å². The first-order valence-electron chi connectivity index (χ1n) is 8.26. The van der Waals surface area contributed by atoms with Crippen molar-refractivity contribution in [2.24, 2.45) is 0 Å².